The highest BCUT2D eigenvalue weighted by Crippen LogP contribution is 2.26. The summed E-state index contributed by atoms with van der Waals surface area (Å²) in [5, 5.41) is 0. The predicted octanol–water partition coefficient (Wildman–Crippen LogP) is 2.83. The van der Waals surface area contributed by atoms with Gasteiger partial charge in [0, 0.05) is 5.56 Å². The lowest BCUT2D eigenvalue weighted by Gasteiger charge is -2.19. The number of halogens is 2. The minimum Gasteiger partial charge on any atom is -0.271 e. The Kier molecular flexibility index (Phi) is 3.69. The van der Waals surface area contributed by atoms with E-state index in [4.69, 9.17) is 5.84 Å². The molecule has 1 atom stereocenters. The molecule has 0 aromatic heterocycles. The van der Waals surface area contributed by atoms with E-state index in [1.54, 1.807) is 31.2 Å². The van der Waals surface area contributed by atoms with E-state index in [2.05, 4.69) is 5.43 Å². The molecule has 0 heterocycles. The maximum Gasteiger partial charge on any atom is 0.128 e. The molecule has 1 unspecified atom stereocenters. The minimum atomic E-state index is -0.494. The summed E-state index contributed by atoms with van der Waals surface area (Å²) in [4.78, 5) is 0. The van der Waals surface area contributed by atoms with Gasteiger partial charge in [0.15, 0.2) is 0 Å². The largest absolute Gasteiger partial charge is 0.271 e. The summed E-state index contributed by atoms with van der Waals surface area (Å²) in [6, 6.07) is 10.2. The van der Waals surface area contributed by atoms with Crippen molar-refractivity contribution in [2.24, 2.45) is 5.84 Å². The van der Waals surface area contributed by atoms with Crippen molar-refractivity contribution >= 4 is 0 Å². The second-order valence-corrected chi connectivity index (χ2v) is 4.12. The second kappa shape index (κ2) is 5.25. The lowest BCUT2D eigenvalue weighted by molar-refractivity contribution is 0.557. The normalized spacial score (nSPS) is 12.4. The summed E-state index contributed by atoms with van der Waals surface area (Å²) >= 11 is 0. The number of hydrogen-bond donors (Lipinski definition) is 2. The van der Waals surface area contributed by atoms with E-state index >= 15 is 0 Å². The fraction of sp³-hybridized carbons (Fsp3) is 0.143. The molecule has 2 nitrogen and oxygen atoms in total. The maximum absolute atomic E-state index is 13.8. The van der Waals surface area contributed by atoms with Gasteiger partial charge < -0.3 is 0 Å². The highest BCUT2D eigenvalue weighted by atomic mass is 19.1. The number of nitrogens with one attached hydrogen (secondary N) is 1. The van der Waals surface area contributed by atoms with Crippen LogP contribution in [0, 0.1) is 18.6 Å². The molecule has 0 aliphatic carbocycles. The maximum atomic E-state index is 13.8. The first-order valence-corrected chi connectivity index (χ1v) is 5.60. The van der Waals surface area contributed by atoms with Crippen molar-refractivity contribution in [3.05, 3.63) is 70.8 Å². The van der Waals surface area contributed by atoms with Crippen LogP contribution in [0.5, 0.6) is 0 Å². The Balaban J connectivity index is 2.49. The second-order valence-electron chi connectivity index (χ2n) is 4.12. The SMILES string of the molecule is Cc1cc(F)ccc1C(NN)c1ccccc1F. The highest BCUT2D eigenvalue weighted by molar-refractivity contribution is 5.37. The van der Waals surface area contributed by atoms with Crippen LogP contribution in [0.4, 0.5) is 8.78 Å². The van der Waals surface area contributed by atoms with Gasteiger partial charge >= 0.3 is 0 Å². The van der Waals surface area contributed by atoms with Crippen LogP contribution >= 0.6 is 0 Å². The van der Waals surface area contributed by atoms with Crippen molar-refractivity contribution in [2.45, 2.75) is 13.0 Å². The van der Waals surface area contributed by atoms with Gasteiger partial charge in [-0.05, 0) is 36.2 Å². The van der Waals surface area contributed by atoms with E-state index < -0.39 is 6.04 Å². The van der Waals surface area contributed by atoms with Gasteiger partial charge in [-0.3, -0.25) is 5.84 Å². The number of benzene rings is 2. The fourth-order valence-electron chi connectivity index (χ4n) is 2.02. The standard InChI is InChI=1S/C14H14F2N2/c1-9-8-10(15)6-7-11(9)14(18-17)12-4-2-3-5-13(12)16/h2-8,14,18H,17H2,1H3. The van der Waals surface area contributed by atoms with Crippen LogP contribution in [0.3, 0.4) is 0 Å². The smallest absolute Gasteiger partial charge is 0.128 e. The van der Waals surface area contributed by atoms with E-state index in [0.29, 0.717) is 5.56 Å². The van der Waals surface area contributed by atoms with Gasteiger partial charge in [-0.1, -0.05) is 24.3 Å². The molecule has 3 N–H and O–H groups in total. The molecule has 0 spiro atoms. The van der Waals surface area contributed by atoms with Gasteiger partial charge in [-0.2, -0.15) is 0 Å². The van der Waals surface area contributed by atoms with Crippen molar-refractivity contribution in [1.82, 2.24) is 5.43 Å². The molecule has 2 aromatic carbocycles. The Labute approximate surface area is 104 Å². The third-order valence-corrected chi connectivity index (χ3v) is 2.93. The molecule has 0 fully saturated rings. The summed E-state index contributed by atoms with van der Waals surface area (Å²) < 4.78 is 26.8. The van der Waals surface area contributed by atoms with Crippen LogP contribution in [0.1, 0.15) is 22.7 Å². The predicted molar refractivity (Wildman–Crippen MR) is 66.7 cm³/mol. The summed E-state index contributed by atoms with van der Waals surface area (Å²) in [7, 11) is 0. The van der Waals surface area contributed by atoms with Gasteiger partial charge in [-0.25, -0.2) is 14.2 Å². The van der Waals surface area contributed by atoms with Crippen molar-refractivity contribution in [3.63, 3.8) is 0 Å². The minimum absolute atomic E-state index is 0.319. The van der Waals surface area contributed by atoms with Crippen LogP contribution in [0.2, 0.25) is 0 Å². The van der Waals surface area contributed by atoms with E-state index in [9.17, 15) is 8.78 Å². The molecule has 0 aliphatic heterocycles. The van der Waals surface area contributed by atoms with Gasteiger partial charge in [0.2, 0.25) is 0 Å². The van der Waals surface area contributed by atoms with Crippen LogP contribution in [0.25, 0.3) is 0 Å². The molecular formula is C14H14F2N2. The molecule has 2 rings (SSSR count). The van der Waals surface area contributed by atoms with Gasteiger partial charge in [-0.15, -0.1) is 0 Å². The molecule has 0 saturated heterocycles. The van der Waals surface area contributed by atoms with Crippen LogP contribution in [-0.2, 0) is 0 Å². The zero-order valence-corrected chi connectivity index (χ0v) is 9.95. The Morgan fingerprint density at radius 3 is 2.39 bits per heavy atom. The Bertz CT molecular complexity index is 555. The number of hydrogen-bond acceptors (Lipinski definition) is 2. The monoisotopic (exact) mass is 248 g/mol. The number of aryl methyl sites for hydroxylation is 1. The van der Waals surface area contributed by atoms with E-state index in [1.807, 2.05) is 0 Å². The molecule has 0 bridgehead atoms. The molecule has 18 heavy (non-hydrogen) atoms. The fourth-order valence-corrected chi connectivity index (χ4v) is 2.02. The summed E-state index contributed by atoms with van der Waals surface area (Å²) in [6.07, 6.45) is 0. The molecule has 0 aliphatic rings. The van der Waals surface area contributed by atoms with E-state index in [0.717, 1.165) is 11.1 Å². The first-order valence-electron chi connectivity index (χ1n) is 5.60. The van der Waals surface area contributed by atoms with E-state index in [-0.39, 0.29) is 11.6 Å². The lowest BCUT2D eigenvalue weighted by Crippen LogP contribution is -2.30. The Morgan fingerprint density at radius 2 is 1.78 bits per heavy atom. The van der Waals surface area contributed by atoms with Crippen molar-refractivity contribution in [3.8, 4) is 0 Å². The molecule has 0 saturated carbocycles. The Morgan fingerprint density at radius 1 is 1.06 bits per heavy atom. The molecule has 0 radical (unpaired) electrons. The summed E-state index contributed by atoms with van der Waals surface area (Å²) in [6.45, 7) is 1.77. The number of nitrogens with two attached hydrogens (primary N) is 1. The van der Waals surface area contributed by atoms with Crippen LogP contribution in [0.15, 0.2) is 42.5 Å². The first kappa shape index (κ1) is 12.7. The van der Waals surface area contributed by atoms with Crippen molar-refractivity contribution < 1.29 is 8.78 Å². The average molecular weight is 248 g/mol. The van der Waals surface area contributed by atoms with Crippen LogP contribution in [-0.4, -0.2) is 0 Å². The average Bonchev–Trinajstić information content (AvgIpc) is 2.34. The summed E-state index contributed by atoms with van der Waals surface area (Å²) in [5.74, 6) is 4.84. The molecule has 2 aromatic rings. The van der Waals surface area contributed by atoms with Gasteiger partial charge in [0.05, 0.1) is 6.04 Å². The zero-order chi connectivity index (χ0) is 13.1. The van der Waals surface area contributed by atoms with Gasteiger partial charge in [0.25, 0.3) is 0 Å². The molecule has 0 amide bonds. The molecular weight excluding hydrogens is 234 g/mol. The van der Waals surface area contributed by atoms with E-state index in [1.165, 1.54) is 18.2 Å². The third kappa shape index (κ3) is 2.39. The first-order chi connectivity index (χ1) is 8.63. The quantitative estimate of drug-likeness (QED) is 0.647. The number of hydrazine groups is 1. The third-order valence-electron chi connectivity index (χ3n) is 2.93. The summed E-state index contributed by atoms with van der Waals surface area (Å²) in [5.41, 5.74) is 4.49. The number of rotatable bonds is 3. The topological polar surface area (TPSA) is 38.0 Å². The Hall–Kier alpha value is -1.78. The van der Waals surface area contributed by atoms with Crippen LogP contribution < -0.4 is 11.3 Å². The zero-order valence-electron chi connectivity index (χ0n) is 9.95. The van der Waals surface area contributed by atoms with Gasteiger partial charge in [0.1, 0.15) is 11.6 Å². The highest BCUT2D eigenvalue weighted by Gasteiger charge is 2.18. The van der Waals surface area contributed by atoms with Crippen molar-refractivity contribution in [2.75, 3.05) is 0 Å². The molecule has 94 valence electrons. The molecule has 4 heteroatoms. The van der Waals surface area contributed by atoms with Crippen molar-refractivity contribution in [1.29, 1.82) is 0 Å². The lowest BCUT2D eigenvalue weighted by atomic mass is 9.95.